The summed E-state index contributed by atoms with van der Waals surface area (Å²) in [6, 6.07) is 12.4. The van der Waals surface area contributed by atoms with Gasteiger partial charge in [-0.2, -0.15) is 0 Å². The van der Waals surface area contributed by atoms with E-state index in [-0.39, 0.29) is 22.9 Å². The smallest absolute Gasteiger partial charge is 0.241 e. The van der Waals surface area contributed by atoms with Crippen molar-refractivity contribution in [2.24, 2.45) is 0 Å². The highest BCUT2D eigenvalue weighted by Crippen LogP contribution is 2.29. The van der Waals surface area contributed by atoms with Crippen molar-refractivity contribution in [2.75, 3.05) is 5.32 Å². The number of hydrogen-bond donors (Lipinski definition) is 2. The van der Waals surface area contributed by atoms with Crippen LogP contribution in [0.5, 0.6) is 0 Å². The first-order valence-electron chi connectivity index (χ1n) is 8.00. The van der Waals surface area contributed by atoms with Gasteiger partial charge in [-0.1, -0.05) is 24.3 Å². The Labute approximate surface area is 155 Å². The van der Waals surface area contributed by atoms with Crippen molar-refractivity contribution in [1.29, 1.82) is 0 Å². The Bertz CT molecular complexity index is 1110. The van der Waals surface area contributed by atoms with Gasteiger partial charge in [0.25, 0.3) is 0 Å². The number of carbonyl (C=O) groups is 1. The maximum Gasteiger partial charge on any atom is 0.241 e. The Morgan fingerprint density at radius 3 is 2.26 bits per heavy atom. The average molecular weight is 390 g/mol. The molecule has 3 rings (SSSR count). The highest BCUT2D eigenvalue weighted by Gasteiger charge is 2.18. The fraction of sp³-hybridized carbons (Fsp3) is 0.105. The molecule has 2 N–H and O–H groups in total. The maximum atomic E-state index is 13.3. The van der Waals surface area contributed by atoms with Gasteiger partial charge in [-0.15, -0.1) is 0 Å². The number of halogens is 2. The summed E-state index contributed by atoms with van der Waals surface area (Å²) in [5, 5.41) is 3.64. The van der Waals surface area contributed by atoms with E-state index in [4.69, 9.17) is 0 Å². The number of amides is 1. The van der Waals surface area contributed by atoms with Crippen molar-refractivity contribution in [3.05, 3.63) is 71.8 Å². The first-order valence-corrected chi connectivity index (χ1v) is 9.48. The number of hydrogen-bond acceptors (Lipinski definition) is 3. The summed E-state index contributed by atoms with van der Waals surface area (Å²) in [6.45, 7) is 1.10. The Balaban J connectivity index is 1.96. The molecule has 0 aliphatic carbocycles. The fourth-order valence-corrected chi connectivity index (χ4v) is 4.02. The molecule has 3 aromatic rings. The summed E-state index contributed by atoms with van der Waals surface area (Å²) >= 11 is 0. The molecule has 27 heavy (non-hydrogen) atoms. The van der Waals surface area contributed by atoms with Crippen molar-refractivity contribution < 1.29 is 22.0 Å². The van der Waals surface area contributed by atoms with Crippen LogP contribution in [0, 0.1) is 11.6 Å². The zero-order chi connectivity index (χ0) is 19.6. The summed E-state index contributed by atoms with van der Waals surface area (Å²) in [5.41, 5.74) is 0.652. The van der Waals surface area contributed by atoms with Crippen molar-refractivity contribution >= 4 is 32.4 Å². The molecule has 0 bridgehead atoms. The van der Waals surface area contributed by atoms with E-state index in [2.05, 4.69) is 10.0 Å². The van der Waals surface area contributed by atoms with Gasteiger partial charge in [-0.05, 0) is 29.8 Å². The SMILES string of the molecule is CC(=O)Nc1cccc2c(S(=O)(=O)NCc3cc(F)cc(F)c3)cccc12. The third-order valence-electron chi connectivity index (χ3n) is 3.87. The maximum absolute atomic E-state index is 13.3. The van der Waals surface area contributed by atoms with Crippen LogP contribution in [0.25, 0.3) is 10.8 Å². The number of nitrogens with one attached hydrogen (secondary N) is 2. The molecule has 0 heterocycles. The van der Waals surface area contributed by atoms with E-state index < -0.39 is 21.7 Å². The summed E-state index contributed by atoms with van der Waals surface area (Å²) in [5.74, 6) is -1.84. The van der Waals surface area contributed by atoms with Crippen LogP contribution in [0.4, 0.5) is 14.5 Å². The molecular formula is C19H16F2N2O3S. The molecular weight excluding hydrogens is 374 g/mol. The van der Waals surface area contributed by atoms with Crippen LogP contribution in [0.15, 0.2) is 59.5 Å². The lowest BCUT2D eigenvalue weighted by molar-refractivity contribution is -0.114. The highest BCUT2D eigenvalue weighted by molar-refractivity contribution is 7.89. The predicted octanol–water partition coefficient (Wildman–Crippen LogP) is 3.55. The molecule has 140 valence electrons. The minimum absolute atomic E-state index is 0.00378. The average Bonchev–Trinajstić information content (AvgIpc) is 2.59. The van der Waals surface area contributed by atoms with Gasteiger partial charge < -0.3 is 5.32 Å². The van der Waals surface area contributed by atoms with E-state index in [0.29, 0.717) is 22.5 Å². The molecule has 0 aromatic heterocycles. The third kappa shape index (κ3) is 4.29. The minimum Gasteiger partial charge on any atom is -0.326 e. The van der Waals surface area contributed by atoms with Gasteiger partial charge in [0.1, 0.15) is 11.6 Å². The number of carbonyl (C=O) groups excluding carboxylic acids is 1. The quantitative estimate of drug-likeness (QED) is 0.700. The van der Waals surface area contributed by atoms with Crippen molar-refractivity contribution in [1.82, 2.24) is 4.72 Å². The molecule has 0 spiro atoms. The van der Waals surface area contributed by atoms with Gasteiger partial charge in [0.05, 0.1) is 4.90 Å². The van der Waals surface area contributed by atoms with E-state index in [0.717, 1.165) is 12.1 Å². The monoisotopic (exact) mass is 390 g/mol. The van der Waals surface area contributed by atoms with Crippen molar-refractivity contribution in [2.45, 2.75) is 18.4 Å². The van der Waals surface area contributed by atoms with E-state index >= 15 is 0 Å². The van der Waals surface area contributed by atoms with Crippen LogP contribution in [0.1, 0.15) is 12.5 Å². The number of rotatable bonds is 5. The normalized spacial score (nSPS) is 11.5. The standard InChI is InChI=1S/C19H16F2N2O3S/c1-12(24)23-18-6-2-5-17-16(18)4-3-7-19(17)27(25,26)22-11-13-8-14(20)10-15(21)9-13/h2-10,22H,11H2,1H3,(H,23,24). The second-order valence-corrected chi connectivity index (χ2v) is 7.68. The van der Waals surface area contributed by atoms with Crippen molar-refractivity contribution in [3.8, 4) is 0 Å². The zero-order valence-electron chi connectivity index (χ0n) is 14.3. The van der Waals surface area contributed by atoms with Crippen LogP contribution < -0.4 is 10.0 Å². The second-order valence-electron chi connectivity index (χ2n) is 5.94. The molecule has 8 heteroatoms. The lowest BCUT2D eigenvalue weighted by Gasteiger charge is -2.12. The van der Waals surface area contributed by atoms with Crippen LogP contribution in [-0.2, 0) is 21.4 Å². The molecule has 0 atom stereocenters. The molecule has 0 saturated carbocycles. The summed E-state index contributed by atoms with van der Waals surface area (Å²) in [4.78, 5) is 11.4. The molecule has 0 aliphatic heterocycles. The molecule has 0 saturated heterocycles. The van der Waals surface area contributed by atoms with E-state index in [1.807, 2.05) is 0 Å². The molecule has 0 radical (unpaired) electrons. The Morgan fingerprint density at radius 2 is 1.59 bits per heavy atom. The highest BCUT2D eigenvalue weighted by atomic mass is 32.2. The Kier molecular flexibility index (Phi) is 5.20. The fourth-order valence-electron chi connectivity index (χ4n) is 2.78. The minimum atomic E-state index is -3.96. The number of sulfonamides is 1. The summed E-state index contributed by atoms with van der Waals surface area (Å²) in [7, 11) is -3.96. The molecule has 1 amide bonds. The van der Waals surface area contributed by atoms with Crippen LogP contribution in [-0.4, -0.2) is 14.3 Å². The summed E-state index contributed by atoms with van der Waals surface area (Å²) < 4.78 is 54.4. The van der Waals surface area contributed by atoms with E-state index in [1.165, 1.54) is 13.0 Å². The van der Waals surface area contributed by atoms with Crippen LogP contribution >= 0.6 is 0 Å². The van der Waals surface area contributed by atoms with Gasteiger partial charge in [0, 0.05) is 36.0 Å². The van der Waals surface area contributed by atoms with Crippen molar-refractivity contribution in [3.63, 3.8) is 0 Å². The third-order valence-corrected chi connectivity index (χ3v) is 5.33. The Morgan fingerprint density at radius 1 is 0.963 bits per heavy atom. The number of fused-ring (bicyclic) bond motifs is 1. The van der Waals surface area contributed by atoms with Crippen LogP contribution in [0.2, 0.25) is 0 Å². The second kappa shape index (κ2) is 7.42. The van der Waals surface area contributed by atoms with Gasteiger partial charge in [-0.25, -0.2) is 21.9 Å². The molecule has 0 unspecified atom stereocenters. The Hall–Kier alpha value is -2.84. The number of anilines is 1. The molecule has 0 aliphatic rings. The zero-order valence-corrected chi connectivity index (χ0v) is 15.1. The predicted molar refractivity (Wildman–Crippen MR) is 98.6 cm³/mol. The molecule has 3 aromatic carbocycles. The van der Waals surface area contributed by atoms with Gasteiger partial charge >= 0.3 is 0 Å². The lowest BCUT2D eigenvalue weighted by Crippen LogP contribution is -2.23. The first kappa shape index (κ1) is 18.9. The van der Waals surface area contributed by atoms with Gasteiger partial charge in [-0.3, -0.25) is 4.79 Å². The molecule has 5 nitrogen and oxygen atoms in total. The topological polar surface area (TPSA) is 75.3 Å². The summed E-state index contributed by atoms with van der Waals surface area (Å²) in [6.07, 6.45) is 0. The van der Waals surface area contributed by atoms with Crippen LogP contribution in [0.3, 0.4) is 0 Å². The van der Waals surface area contributed by atoms with E-state index in [1.54, 1.807) is 30.3 Å². The van der Waals surface area contributed by atoms with Gasteiger partial charge in [0.2, 0.25) is 15.9 Å². The van der Waals surface area contributed by atoms with Gasteiger partial charge in [0.15, 0.2) is 0 Å². The largest absolute Gasteiger partial charge is 0.326 e. The molecule has 0 fully saturated rings. The number of benzene rings is 3. The first-order chi connectivity index (χ1) is 12.8. The van der Waals surface area contributed by atoms with E-state index in [9.17, 15) is 22.0 Å². The lowest BCUT2D eigenvalue weighted by atomic mass is 10.1.